The van der Waals surface area contributed by atoms with E-state index in [9.17, 15) is 4.79 Å². The van der Waals surface area contributed by atoms with E-state index in [1.54, 1.807) is 10.6 Å². The van der Waals surface area contributed by atoms with Gasteiger partial charge in [0.2, 0.25) is 0 Å². The first kappa shape index (κ1) is 8.65. The van der Waals surface area contributed by atoms with Crippen LogP contribution in [0.15, 0.2) is 23.1 Å². The van der Waals surface area contributed by atoms with Crippen LogP contribution in [-0.2, 0) is 12.8 Å². The first-order chi connectivity index (χ1) is 7.27. The molecule has 1 aliphatic rings. The molecule has 3 heteroatoms. The van der Waals surface area contributed by atoms with Crippen molar-refractivity contribution < 1.29 is 0 Å². The van der Waals surface area contributed by atoms with Gasteiger partial charge < -0.3 is 0 Å². The Bertz CT molecular complexity index is 598. The fourth-order valence-electron chi connectivity index (χ4n) is 2.44. The summed E-state index contributed by atoms with van der Waals surface area (Å²) in [5.41, 5.74) is 4.42. The second kappa shape index (κ2) is 2.92. The number of aromatic nitrogens is 2. The van der Waals surface area contributed by atoms with Crippen LogP contribution in [0.2, 0.25) is 0 Å². The van der Waals surface area contributed by atoms with Crippen LogP contribution in [0.5, 0.6) is 0 Å². The number of aryl methyl sites for hydroxylation is 3. The number of rotatable bonds is 0. The maximum absolute atomic E-state index is 11.8. The zero-order valence-electron chi connectivity index (χ0n) is 8.66. The van der Waals surface area contributed by atoms with Gasteiger partial charge in [0.15, 0.2) is 0 Å². The van der Waals surface area contributed by atoms with Crippen molar-refractivity contribution in [2.75, 3.05) is 0 Å². The van der Waals surface area contributed by atoms with Crippen molar-refractivity contribution in [3.05, 3.63) is 45.5 Å². The van der Waals surface area contributed by atoms with Gasteiger partial charge in [-0.3, -0.25) is 9.20 Å². The molecule has 0 saturated heterocycles. The standard InChI is InChI=1S/C12H12N2O/c1-8-7-9-3-2-4-10(9)14-11(15)5-6-13-12(8)14/h5-7H,2-4H2,1H3. The molecule has 0 aliphatic heterocycles. The van der Waals surface area contributed by atoms with Crippen molar-refractivity contribution in [1.29, 1.82) is 0 Å². The summed E-state index contributed by atoms with van der Waals surface area (Å²) >= 11 is 0. The molecule has 0 fully saturated rings. The van der Waals surface area contributed by atoms with Crippen molar-refractivity contribution in [3.8, 4) is 0 Å². The van der Waals surface area contributed by atoms with Crippen LogP contribution >= 0.6 is 0 Å². The van der Waals surface area contributed by atoms with Gasteiger partial charge in [0.05, 0.1) is 0 Å². The van der Waals surface area contributed by atoms with Crippen LogP contribution in [0.1, 0.15) is 23.2 Å². The van der Waals surface area contributed by atoms with E-state index in [-0.39, 0.29) is 5.56 Å². The molecule has 3 rings (SSSR count). The first-order valence-corrected chi connectivity index (χ1v) is 5.26. The normalized spacial score (nSPS) is 14.5. The lowest BCUT2D eigenvalue weighted by Gasteiger charge is -2.08. The number of nitrogens with zero attached hydrogens (tertiary/aromatic N) is 2. The van der Waals surface area contributed by atoms with E-state index in [0.29, 0.717) is 0 Å². The van der Waals surface area contributed by atoms with E-state index in [2.05, 4.69) is 11.1 Å². The molecule has 0 spiro atoms. The molecule has 2 heterocycles. The zero-order valence-corrected chi connectivity index (χ0v) is 8.66. The van der Waals surface area contributed by atoms with Gasteiger partial charge in [-0.1, -0.05) is 6.07 Å². The third-order valence-corrected chi connectivity index (χ3v) is 3.09. The molecular formula is C12H12N2O. The Labute approximate surface area is 87.4 Å². The number of pyridine rings is 1. The van der Waals surface area contributed by atoms with Crippen LogP contribution in [0.3, 0.4) is 0 Å². The predicted octanol–water partition coefficient (Wildman–Crippen LogP) is 1.49. The lowest BCUT2D eigenvalue weighted by molar-refractivity contribution is 0.873. The maximum atomic E-state index is 11.8. The highest BCUT2D eigenvalue weighted by Crippen LogP contribution is 2.23. The summed E-state index contributed by atoms with van der Waals surface area (Å²) in [6.45, 7) is 2.01. The maximum Gasteiger partial charge on any atom is 0.258 e. The topological polar surface area (TPSA) is 34.4 Å². The second-order valence-corrected chi connectivity index (χ2v) is 4.09. The molecule has 76 valence electrons. The molecule has 15 heavy (non-hydrogen) atoms. The van der Waals surface area contributed by atoms with Gasteiger partial charge in [-0.25, -0.2) is 4.98 Å². The van der Waals surface area contributed by atoms with Gasteiger partial charge in [0.1, 0.15) is 5.65 Å². The second-order valence-electron chi connectivity index (χ2n) is 4.09. The minimum atomic E-state index is 0.0434. The SMILES string of the molecule is Cc1cc2c(n3c(=O)ccnc13)CCC2. The first-order valence-electron chi connectivity index (χ1n) is 5.26. The molecule has 0 radical (unpaired) electrons. The molecule has 1 aliphatic carbocycles. The van der Waals surface area contributed by atoms with Crippen LogP contribution < -0.4 is 5.56 Å². The number of hydrogen-bond donors (Lipinski definition) is 0. The van der Waals surface area contributed by atoms with E-state index < -0.39 is 0 Å². The Morgan fingerprint density at radius 2 is 2.27 bits per heavy atom. The van der Waals surface area contributed by atoms with Crippen LogP contribution in [0.25, 0.3) is 5.65 Å². The van der Waals surface area contributed by atoms with Crippen LogP contribution in [-0.4, -0.2) is 9.38 Å². The molecule has 0 bridgehead atoms. The molecule has 0 atom stereocenters. The molecular weight excluding hydrogens is 188 g/mol. The lowest BCUT2D eigenvalue weighted by Crippen LogP contribution is -2.17. The Kier molecular flexibility index (Phi) is 1.69. The fourth-order valence-corrected chi connectivity index (χ4v) is 2.44. The van der Waals surface area contributed by atoms with Gasteiger partial charge in [-0.2, -0.15) is 0 Å². The Morgan fingerprint density at radius 1 is 1.40 bits per heavy atom. The summed E-state index contributed by atoms with van der Waals surface area (Å²) in [4.78, 5) is 16.1. The van der Waals surface area contributed by atoms with E-state index in [0.717, 1.165) is 36.2 Å². The molecule has 0 unspecified atom stereocenters. The molecule has 2 aromatic heterocycles. The number of fused-ring (bicyclic) bond motifs is 3. The van der Waals surface area contributed by atoms with Crippen molar-refractivity contribution in [2.45, 2.75) is 26.2 Å². The lowest BCUT2D eigenvalue weighted by atomic mass is 10.1. The monoisotopic (exact) mass is 200 g/mol. The summed E-state index contributed by atoms with van der Waals surface area (Å²) in [5, 5.41) is 0. The zero-order chi connectivity index (χ0) is 10.4. The minimum absolute atomic E-state index is 0.0434. The highest BCUT2D eigenvalue weighted by Gasteiger charge is 2.16. The Hall–Kier alpha value is -1.64. The van der Waals surface area contributed by atoms with E-state index >= 15 is 0 Å². The highest BCUT2D eigenvalue weighted by atomic mass is 16.1. The van der Waals surface area contributed by atoms with Gasteiger partial charge in [-0.15, -0.1) is 0 Å². The van der Waals surface area contributed by atoms with Gasteiger partial charge in [0, 0.05) is 18.0 Å². The van der Waals surface area contributed by atoms with Crippen LogP contribution in [0.4, 0.5) is 0 Å². The number of hydrogen-bond acceptors (Lipinski definition) is 2. The van der Waals surface area contributed by atoms with E-state index in [1.807, 2.05) is 6.92 Å². The summed E-state index contributed by atoms with van der Waals surface area (Å²) < 4.78 is 1.78. The van der Waals surface area contributed by atoms with E-state index in [1.165, 1.54) is 11.6 Å². The summed E-state index contributed by atoms with van der Waals surface area (Å²) in [6, 6.07) is 3.70. The predicted molar refractivity (Wildman–Crippen MR) is 58.2 cm³/mol. The van der Waals surface area contributed by atoms with Crippen molar-refractivity contribution in [2.24, 2.45) is 0 Å². The molecule has 3 nitrogen and oxygen atoms in total. The third-order valence-electron chi connectivity index (χ3n) is 3.09. The molecule has 2 aromatic rings. The summed E-state index contributed by atoms with van der Waals surface area (Å²) in [7, 11) is 0. The van der Waals surface area contributed by atoms with Crippen molar-refractivity contribution in [1.82, 2.24) is 9.38 Å². The average molecular weight is 200 g/mol. The van der Waals surface area contributed by atoms with Crippen LogP contribution in [0, 0.1) is 6.92 Å². The Morgan fingerprint density at radius 3 is 3.13 bits per heavy atom. The smallest absolute Gasteiger partial charge is 0.258 e. The highest BCUT2D eigenvalue weighted by molar-refractivity contribution is 5.51. The molecule has 0 saturated carbocycles. The largest absolute Gasteiger partial charge is 0.269 e. The summed E-state index contributed by atoms with van der Waals surface area (Å²) in [5.74, 6) is 0. The van der Waals surface area contributed by atoms with E-state index in [4.69, 9.17) is 0 Å². The summed E-state index contributed by atoms with van der Waals surface area (Å²) in [6.07, 6.45) is 4.83. The van der Waals surface area contributed by atoms with Crippen molar-refractivity contribution >= 4 is 5.65 Å². The van der Waals surface area contributed by atoms with Crippen molar-refractivity contribution in [3.63, 3.8) is 0 Å². The fraction of sp³-hybridized carbons (Fsp3) is 0.333. The molecule has 0 amide bonds. The Balaban J connectivity index is 2.57. The molecule has 0 N–H and O–H groups in total. The van der Waals surface area contributed by atoms with Gasteiger partial charge >= 0.3 is 0 Å². The third kappa shape index (κ3) is 1.12. The molecule has 0 aromatic carbocycles. The quantitative estimate of drug-likeness (QED) is 0.645. The average Bonchev–Trinajstić information content (AvgIpc) is 2.66. The van der Waals surface area contributed by atoms with Gasteiger partial charge in [0.25, 0.3) is 5.56 Å². The minimum Gasteiger partial charge on any atom is -0.269 e. The van der Waals surface area contributed by atoms with Gasteiger partial charge in [-0.05, 0) is 37.3 Å².